The van der Waals surface area contributed by atoms with Gasteiger partial charge in [-0.25, -0.2) is 4.39 Å². The summed E-state index contributed by atoms with van der Waals surface area (Å²) in [6.07, 6.45) is 0.898. The fraction of sp³-hybridized carbons (Fsp3) is 0.350. The predicted octanol–water partition coefficient (Wildman–Crippen LogP) is 3.67. The monoisotopic (exact) mass is 434 g/mol. The molecule has 0 radical (unpaired) electrons. The average molecular weight is 435 g/mol. The van der Waals surface area contributed by atoms with Crippen LogP contribution in [0.1, 0.15) is 22.3 Å². The van der Waals surface area contributed by atoms with Crippen molar-refractivity contribution in [2.24, 2.45) is 0 Å². The van der Waals surface area contributed by atoms with Crippen molar-refractivity contribution in [3.63, 3.8) is 0 Å². The first-order chi connectivity index (χ1) is 13.1. The largest absolute Gasteiger partial charge is 0.454 e. The van der Waals surface area contributed by atoms with E-state index in [2.05, 4.69) is 20.8 Å². The Labute approximate surface area is 165 Å². The maximum atomic E-state index is 13.1. The third kappa shape index (κ3) is 4.09. The first-order valence-corrected chi connectivity index (χ1v) is 9.75. The summed E-state index contributed by atoms with van der Waals surface area (Å²) in [4.78, 5) is 16.8. The predicted molar refractivity (Wildman–Crippen MR) is 102 cm³/mol. The van der Waals surface area contributed by atoms with Gasteiger partial charge < -0.3 is 14.4 Å². The molecule has 1 amide bonds. The van der Waals surface area contributed by atoms with E-state index in [1.54, 1.807) is 12.1 Å². The minimum absolute atomic E-state index is 0.0406. The third-order valence-corrected chi connectivity index (χ3v) is 5.64. The Hall–Kier alpha value is -2.12. The van der Waals surface area contributed by atoms with Crippen LogP contribution in [0.5, 0.6) is 11.5 Å². The Kier molecular flexibility index (Phi) is 5.31. The van der Waals surface area contributed by atoms with Gasteiger partial charge in [0.1, 0.15) is 5.82 Å². The van der Waals surface area contributed by atoms with Gasteiger partial charge in [-0.3, -0.25) is 9.69 Å². The van der Waals surface area contributed by atoms with E-state index in [4.69, 9.17) is 9.47 Å². The molecule has 1 fully saturated rings. The Morgan fingerprint density at radius 1 is 1.04 bits per heavy atom. The second kappa shape index (κ2) is 7.86. The van der Waals surface area contributed by atoms with Crippen LogP contribution >= 0.6 is 15.9 Å². The van der Waals surface area contributed by atoms with Crippen molar-refractivity contribution < 1.29 is 18.7 Å². The zero-order valence-corrected chi connectivity index (χ0v) is 16.4. The molecule has 0 saturated carbocycles. The summed E-state index contributed by atoms with van der Waals surface area (Å²) in [5.41, 5.74) is 1.67. The summed E-state index contributed by atoms with van der Waals surface area (Å²) < 4.78 is 24.9. The smallest absolute Gasteiger partial charge is 0.253 e. The van der Waals surface area contributed by atoms with Crippen molar-refractivity contribution in [1.82, 2.24) is 9.80 Å². The summed E-state index contributed by atoms with van der Waals surface area (Å²) in [7, 11) is 0. The molecule has 2 aromatic rings. The number of benzene rings is 2. The van der Waals surface area contributed by atoms with Crippen LogP contribution in [-0.2, 0) is 6.54 Å². The molecule has 7 heteroatoms. The van der Waals surface area contributed by atoms with Crippen LogP contribution in [0, 0.1) is 5.82 Å². The third-order valence-electron chi connectivity index (χ3n) is 4.90. The van der Waals surface area contributed by atoms with Gasteiger partial charge in [-0.1, -0.05) is 15.9 Å². The van der Waals surface area contributed by atoms with Gasteiger partial charge in [0, 0.05) is 42.8 Å². The molecule has 142 valence electrons. The summed E-state index contributed by atoms with van der Waals surface area (Å²) >= 11 is 3.61. The second-order valence-electron chi connectivity index (χ2n) is 6.73. The quantitative estimate of drug-likeness (QED) is 0.738. The number of hydrogen-bond acceptors (Lipinski definition) is 4. The van der Waals surface area contributed by atoms with E-state index < -0.39 is 0 Å². The van der Waals surface area contributed by atoms with Gasteiger partial charge in [0.05, 0.1) is 0 Å². The molecule has 1 saturated heterocycles. The van der Waals surface area contributed by atoms with E-state index in [1.807, 2.05) is 17.0 Å². The van der Waals surface area contributed by atoms with Crippen molar-refractivity contribution in [3.8, 4) is 11.5 Å². The van der Waals surface area contributed by atoms with Crippen LogP contribution < -0.4 is 9.47 Å². The van der Waals surface area contributed by atoms with E-state index in [9.17, 15) is 9.18 Å². The maximum Gasteiger partial charge on any atom is 0.253 e. The molecule has 4 rings (SSSR count). The highest BCUT2D eigenvalue weighted by Crippen LogP contribution is 2.37. The van der Waals surface area contributed by atoms with Gasteiger partial charge in [0.15, 0.2) is 11.5 Å². The first kappa shape index (κ1) is 18.3. The van der Waals surface area contributed by atoms with Crippen molar-refractivity contribution >= 4 is 21.8 Å². The van der Waals surface area contributed by atoms with Crippen molar-refractivity contribution in [2.45, 2.75) is 13.0 Å². The standard InChI is InChI=1S/C20H20BrFN2O3/c21-17-11-19-18(26-13-27-19)10-15(17)12-23-6-1-7-24(9-8-23)20(25)14-2-4-16(22)5-3-14/h2-5,10-11H,1,6-9,12-13H2. The van der Waals surface area contributed by atoms with Crippen LogP contribution in [0.2, 0.25) is 0 Å². The fourth-order valence-corrected chi connectivity index (χ4v) is 3.88. The molecule has 0 spiro atoms. The fourth-order valence-electron chi connectivity index (χ4n) is 3.43. The second-order valence-corrected chi connectivity index (χ2v) is 7.58. The van der Waals surface area contributed by atoms with Gasteiger partial charge >= 0.3 is 0 Å². The normalized spacial score (nSPS) is 17.0. The summed E-state index contributed by atoms with van der Waals surface area (Å²) in [5.74, 6) is 1.16. The molecular formula is C20H20BrFN2O3. The van der Waals surface area contributed by atoms with E-state index in [-0.39, 0.29) is 18.5 Å². The highest BCUT2D eigenvalue weighted by Gasteiger charge is 2.22. The summed E-state index contributed by atoms with van der Waals surface area (Å²) in [6, 6.07) is 9.70. The maximum absolute atomic E-state index is 13.1. The molecule has 0 unspecified atom stereocenters. The van der Waals surface area contributed by atoms with E-state index in [0.717, 1.165) is 47.6 Å². The number of amides is 1. The molecule has 0 aromatic heterocycles. The zero-order chi connectivity index (χ0) is 18.8. The van der Waals surface area contributed by atoms with Crippen LogP contribution in [-0.4, -0.2) is 48.7 Å². The van der Waals surface area contributed by atoms with Crippen LogP contribution in [0.15, 0.2) is 40.9 Å². The Morgan fingerprint density at radius 2 is 1.78 bits per heavy atom. The van der Waals surface area contributed by atoms with E-state index in [0.29, 0.717) is 18.7 Å². The van der Waals surface area contributed by atoms with Gasteiger partial charge in [0.2, 0.25) is 6.79 Å². The highest BCUT2D eigenvalue weighted by atomic mass is 79.9. The lowest BCUT2D eigenvalue weighted by Gasteiger charge is -2.22. The Morgan fingerprint density at radius 3 is 2.56 bits per heavy atom. The minimum Gasteiger partial charge on any atom is -0.454 e. The molecule has 27 heavy (non-hydrogen) atoms. The van der Waals surface area contributed by atoms with Crippen molar-refractivity contribution in [1.29, 1.82) is 0 Å². The van der Waals surface area contributed by atoms with Gasteiger partial charge in [-0.15, -0.1) is 0 Å². The highest BCUT2D eigenvalue weighted by molar-refractivity contribution is 9.10. The van der Waals surface area contributed by atoms with E-state index >= 15 is 0 Å². The molecule has 0 atom stereocenters. The number of carbonyl (C=O) groups excluding carboxylic acids is 1. The molecule has 0 aliphatic carbocycles. The molecule has 2 aromatic carbocycles. The topological polar surface area (TPSA) is 42.0 Å². The Balaban J connectivity index is 1.40. The number of fused-ring (bicyclic) bond motifs is 1. The minimum atomic E-state index is -0.331. The molecular weight excluding hydrogens is 415 g/mol. The summed E-state index contributed by atoms with van der Waals surface area (Å²) in [5, 5.41) is 0. The molecule has 2 aliphatic rings. The molecule has 0 bridgehead atoms. The van der Waals surface area contributed by atoms with Crippen LogP contribution in [0.25, 0.3) is 0 Å². The lowest BCUT2D eigenvalue weighted by molar-refractivity contribution is 0.0761. The van der Waals surface area contributed by atoms with Gasteiger partial charge in [0.25, 0.3) is 5.91 Å². The van der Waals surface area contributed by atoms with Crippen molar-refractivity contribution in [3.05, 3.63) is 57.8 Å². The molecule has 0 N–H and O–H groups in total. The first-order valence-electron chi connectivity index (χ1n) is 8.95. The average Bonchev–Trinajstić information content (AvgIpc) is 2.98. The lowest BCUT2D eigenvalue weighted by atomic mass is 10.2. The molecule has 2 heterocycles. The van der Waals surface area contributed by atoms with Crippen molar-refractivity contribution in [2.75, 3.05) is 33.0 Å². The van der Waals surface area contributed by atoms with Gasteiger partial charge in [-0.2, -0.15) is 0 Å². The molecule has 5 nitrogen and oxygen atoms in total. The van der Waals surface area contributed by atoms with E-state index in [1.165, 1.54) is 12.1 Å². The lowest BCUT2D eigenvalue weighted by Crippen LogP contribution is -2.35. The number of rotatable bonds is 3. The number of ether oxygens (including phenoxy) is 2. The van der Waals surface area contributed by atoms with Gasteiger partial charge in [-0.05, 0) is 48.4 Å². The summed E-state index contributed by atoms with van der Waals surface area (Å²) in [6.45, 7) is 4.08. The SMILES string of the molecule is O=C(c1ccc(F)cc1)N1CCCN(Cc2cc3c(cc2Br)OCO3)CC1. The zero-order valence-electron chi connectivity index (χ0n) is 14.8. The number of hydrogen-bond donors (Lipinski definition) is 0. The van der Waals surface area contributed by atoms with Crippen LogP contribution in [0.3, 0.4) is 0 Å². The Bertz CT molecular complexity index is 844. The number of carbonyl (C=O) groups is 1. The number of halogens is 2. The number of nitrogens with zero attached hydrogens (tertiary/aromatic N) is 2. The molecule has 2 aliphatic heterocycles. The van der Waals surface area contributed by atoms with Crippen LogP contribution in [0.4, 0.5) is 4.39 Å².